The molecule has 9 heteroatoms. The number of hydrazine groups is 1. The molecule has 116 valence electrons. The van der Waals surface area contributed by atoms with E-state index in [-0.39, 0.29) is 4.90 Å². The summed E-state index contributed by atoms with van der Waals surface area (Å²) in [6, 6.07) is 3.65. The summed E-state index contributed by atoms with van der Waals surface area (Å²) < 4.78 is 27.6. The summed E-state index contributed by atoms with van der Waals surface area (Å²) in [6.45, 7) is 1.90. The molecule has 2 rings (SSSR count). The molecule has 1 aliphatic carbocycles. The Kier molecular flexibility index (Phi) is 4.17. The summed E-state index contributed by atoms with van der Waals surface area (Å²) in [5.74, 6) is 5.24. The van der Waals surface area contributed by atoms with Crippen LogP contribution in [0.15, 0.2) is 23.1 Å². The Morgan fingerprint density at radius 1 is 1.43 bits per heavy atom. The first-order valence-corrected chi connectivity index (χ1v) is 8.11. The molecule has 0 saturated heterocycles. The predicted molar refractivity (Wildman–Crippen MR) is 78.1 cm³/mol. The third-order valence-electron chi connectivity index (χ3n) is 3.95. The fourth-order valence-electron chi connectivity index (χ4n) is 2.44. The van der Waals surface area contributed by atoms with Crippen molar-refractivity contribution in [3.05, 3.63) is 28.3 Å². The second kappa shape index (κ2) is 5.58. The van der Waals surface area contributed by atoms with Gasteiger partial charge in [-0.1, -0.05) is 6.92 Å². The number of hydrogen-bond acceptors (Lipinski definition) is 6. The van der Waals surface area contributed by atoms with Gasteiger partial charge in [0, 0.05) is 11.6 Å². The van der Waals surface area contributed by atoms with E-state index in [1.807, 2.05) is 6.92 Å². The number of nitrogens with one attached hydrogen (secondary N) is 2. The van der Waals surface area contributed by atoms with Crippen LogP contribution in [0.5, 0.6) is 0 Å². The molecule has 1 fully saturated rings. The first-order valence-electron chi connectivity index (χ1n) is 6.62. The van der Waals surface area contributed by atoms with E-state index in [1.165, 1.54) is 12.1 Å². The highest BCUT2D eigenvalue weighted by molar-refractivity contribution is 7.89. The number of nitrogen functional groups attached to an aromatic ring is 1. The molecule has 0 amide bonds. The van der Waals surface area contributed by atoms with Crippen molar-refractivity contribution >= 4 is 21.4 Å². The van der Waals surface area contributed by atoms with Crippen molar-refractivity contribution in [3.8, 4) is 0 Å². The number of anilines is 1. The maximum Gasteiger partial charge on any atom is 0.289 e. The molecule has 1 saturated carbocycles. The number of nitrogens with zero attached hydrogens (tertiary/aromatic N) is 1. The molecule has 0 atom stereocenters. The normalized spacial score (nSPS) is 17.0. The van der Waals surface area contributed by atoms with Gasteiger partial charge in [0.15, 0.2) is 4.90 Å². The molecule has 4 N–H and O–H groups in total. The third-order valence-corrected chi connectivity index (χ3v) is 5.56. The quantitative estimate of drug-likeness (QED) is 0.414. The van der Waals surface area contributed by atoms with Crippen LogP contribution in [0.1, 0.15) is 32.6 Å². The van der Waals surface area contributed by atoms with Gasteiger partial charge in [-0.3, -0.25) is 16.0 Å². The Morgan fingerprint density at radius 3 is 2.52 bits per heavy atom. The number of nitro benzene ring substituents is 1. The number of hydrogen-bond donors (Lipinski definition) is 3. The zero-order valence-corrected chi connectivity index (χ0v) is 12.4. The molecule has 1 aromatic rings. The molecule has 21 heavy (non-hydrogen) atoms. The molecule has 0 bridgehead atoms. The molecule has 0 unspecified atom stereocenters. The van der Waals surface area contributed by atoms with Crippen molar-refractivity contribution in [2.24, 2.45) is 5.84 Å². The maximum atomic E-state index is 12.5. The first-order chi connectivity index (χ1) is 9.83. The minimum absolute atomic E-state index is 0.292. The first kappa shape index (κ1) is 15.7. The van der Waals surface area contributed by atoms with E-state index in [2.05, 4.69) is 10.1 Å². The summed E-state index contributed by atoms with van der Waals surface area (Å²) >= 11 is 0. The lowest BCUT2D eigenvalue weighted by Crippen LogP contribution is -2.52. The van der Waals surface area contributed by atoms with E-state index in [9.17, 15) is 18.5 Å². The summed E-state index contributed by atoms with van der Waals surface area (Å²) in [7, 11) is -3.99. The van der Waals surface area contributed by atoms with Crippen molar-refractivity contribution in [1.82, 2.24) is 4.72 Å². The number of nitrogens with two attached hydrogens (primary N) is 1. The standard InChI is InChI=1S/C12H18N4O4S/c1-2-12(6-3-7-12)15-21(19,20)11-8-9(14-13)4-5-10(11)16(17)18/h4-5,8,14-15H,2-3,6-7,13H2,1H3. The Morgan fingerprint density at radius 2 is 2.10 bits per heavy atom. The molecule has 0 aliphatic heterocycles. The topological polar surface area (TPSA) is 127 Å². The van der Waals surface area contributed by atoms with Crippen LogP contribution >= 0.6 is 0 Å². The monoisotopic (exact) mass is 314 g/mol. The Labute approximate surface area is 122 Å². The van der Waals surface area contributed by atoms with Crippen molar-refractivity contribution in [2.45, 2.75) is 43.0 Å². The van der Waals surface area contributed by atoms with Crippen LogP contribution in [-0.2, 0) is 10.0 Å². The van der Waals surface area contributed by atoms with E-state index in [4.69, 9.17) is 5.84 Å². The zero-order valence-electron chi connectivity index (χ0n) is 11.6. The van der Waals surface area contributed by atoms with E-state index in [1.54, 1.807) is 0 Å². The van der Waals surface area contributed by atoms with Gasteiger partial charge in [-0.25, -0.2) is 13.1 Å². The Hall–Kier alpha value is -1.71. The van der Waals surface area contributed by atoms with E-state index in [0.29, 0.717) is 12.1 Å². The lowest BCUT2D eigenvalue weighted by molar-refractivity contribution is -0.387. The van der Waals surface area contributed by atoms with Crippen molar-refractivity contribution in [1.29, 1.82) is 0 Å². The van der Waals surface area contributed by atoms with Gasteiger partial charge in [0.2, 0.25) is 10.0 Å². The predicted octanol–water partition coefficient (Wildman–Crippen LogP) is 1.49. The Bertz CT molecular complexity index is 650. The number of sulfonamides is 1. The summed E-state index contributed by atoms with van der Waals surface area (Å²) in [4.78, 5) is 9.96. The molecule has 1 aliphatic rings. The molecule has 0 radical (unpaired) electrons. The lowest BCUT2D eigenvalue weighted by Gasteiger charge is -2.41. The molecular weight excluding hydrogens is 296 g/mol. The smallest absolute Gasteiger partial charge is 0.289 e. The van der Waals surface area contributed by atoms with Crippen molar-refractivity contribution in [2.75, 3.05) is 5.43 Å². The largest absolute Gasteiger partial charge is 0.324 e. The van der Waals surface area contributed by atoms with Gasteiger partial charge in [0.05, 0.1) is 10.6 Å². The Balaban J connectivity index is 2.45. The highest BCUT2D eigenvalue weighted by Gasteiger charge is 2.40. The van der Waals surface area contributed by atoms with Crippen molar-refractivity contribution < 1.29 is 13.3 Å². The van der Waals surface area contributed by atoms with Gasteiger partial charge in [0.1, 0.15) is 0 Å². The van der Waals surface area contributed by atoms with Gasteiger partial charge < -0.3 is 5.43 Å². The number of benzene rings is 1. The fourth-order valence-corrected chi connectivity index (χ4v) is 4.17. The highest BCUT2D eigenvalue weighted by atomic mass is 32.2. The van der Waals surface area contributed by atoms with Crippen LogP contribution in [0, 0.1) is 10.1 Å². The van der Waals surface area contributed by atoms with Gasteiger partial charge in [-0.05, 0) is 37.8 Å². The highest BCUT2D eigenvalue weighted by Crippen LogP contribution is 2.37. The summed E-state index contributed by atoms with van der Waals surface area (Å²) in [5, 5.41) is 11.0. The van der Waals surface area contributed by atoms with E-state index < -0.39 is 26.2 Å². The summed E-state index contributed by atoms with van der Waals surface area (Å²) in [5.41, 5.74) is 1.63. The van der Waals surface area contributed by atoms with Crippen molar-refractivity contribution in [3.63, 3.8) is 0 Å². The van der Waals surface area contributed by atoms with Crippen LogP contribution in [0.4, 0.5) is 11.4 Å². The molecule has 0 aromatic heterocycles. The average Bonchev–Trinajstić information content (AvgIpc) is 2.42. The van der Waals surface area contributed by atoms with Gasteiger partial charge in [0.25, 0.3) is 5.69 Å². The molecule has 0 spiro atoms. The third kappa shape index (κ3) is 2.99. The van der Waals surface area contributed by atoms with Gasteiger partial charge in [-0.2, -0.15) is 0 Å². The second-order valence-corrected chi connectivity index (χ2v) is 6.83. The van der Waals surface area contributed by atoms with E-state index in [0.717, 1.165) is 25.3 Å². The molecule has 8 nitrogen and oxygen atoms in total. The van der Waals surface area contributed by atoms with Gasteiger partial charge in [-0.15, -0.1) is 0 Å². The van der Waals surface area contributed by atoms with Crippen LogP contribution in [-0.4, -0.2) is 18.9 Å². The van der Waals surface area contributed by atoms with Crippen LogP contribution < -0.4 is 16.0 Å². The molecule has 0 heterocycles. The van der Waals surface area contributed by atoms with Crippen LogP contribution in [0.3, 0.4) is 0 Å². The average molecular weight is 314 g/mol. The molecule has 1 aromatic carbocycles. The lowest BCUT2D eigenvalue weighted by atomic mass is 9.76. The summed E-state index contributed by atoms with van der Waals surface area (Å²) in [6.07, 6.45) is 3.08. The van der Waals surface area contributed by atoms with E-state index >= 15 is 0 Å². The molecular formula is C12H18N4O4S. The zero-order chi connectivity index (χ0) is 15.7. The SMILES string of the molecule is CCC1(NS(=O)(=O)c2cc(NN)ccc2[N+](=O)[O-])CCC1. The fraction of sp³-hybridized carbons (Fsp3) is 0.500. The maximum absolute atomic E-state index is 12.5. The van der Waals surface area contributed by atoms with Gasteiger partial charge >= 0.3 is 0 Å². The van der Waals surface area contributed by atoms with Crippen LogP contribution in [0.25, 0.3) is 0 Å². The second-order valence-electron chi connectivity index (χ2n) is 5.18. The van der Waals surface area contributed by atoms with Crippen LogP contribution in [0.2, 0.25) is 0 Å². The number of nitro groups is 1. The minimum atomic E-state index is -3.99. The minimum Gasteiger partial charge on any atom is -0.324 e. The number of rotatable bonds is 6.